The predicted molar refractivity (Wildman–Crippen MR) is 93.8 cm³/mol. The van der Waals surface area contributed by atoms with Crippen LogP contribution in [0.15, 0.2) is 53.0 Å². The Balaban J connectivity index is 1.92. The van der Waals surface area contributed by atoms with Gasteiger partial charge in [-0.25, -0.2) is 0 Å². The molecule has 0 aliphatic heterocycles. The average molecular weight is 378 g/mol. The minimum absolute atomic E-state index is 0.0567. The van der Waals surface area contributed by atoms with E-state index < -0.39 is 0 Å². The molecule has 1 amide bonds. The average Bonchev–Trinajstić information content (AvgIpc) is 2.54. The number of para-hydroxylation sites is 2. The molecule has 23 heavy (non-hydrogen) atoms. The third-order valence-corrected chi connectivity index (χ3v) is 3.98. The highest BCUT2D eigenvalue weighted by molar-refractivity contribution is 9.10. The molecule has 0 aliphatic rings. The van der Waals surface area contributed by atoms with Gasteiger partial charge in [0.2, 0.25) is 0 Å². The lowest BCUT2D eigenvalue weighted by molar-refractivity contribution is -0.123. The highest BCUT2D eigenvalue weighted by Crippen LogP contribution is 2.26. The molecule has 2 aromatic carbocycles. The van der Waals surface area contributed by atoms with Gasteiger partial charge in [0.25, 0.3) is 5.91 Å². The van der Waals surface area contributed by atoms with E-state index in [0.29, 0.717) is 18.1 Å². The van der Waals surface area contributed by atoms with E-state index in [2.05, 4.69) is 21.2 Å². The molecule has 0 bridgehead atoms. The standard InChI is InChI=1S/C18H20BrNO3/c1-3-22-16-10-6-7-11-17(16)23-12-18(21)20-13(2)14-8-4-5-9-15(14)19/h4-11,13H,3,12H2,1-2H3,(H,20,21). The van der Waals surface area contributed by atoms with E-state index in [4.69, 9.17) is 9.47 Å². The molecule has 1 N–H and O–H groups in total. The number of benzene rings is 2. The highest BCUT2D eigenvalue weighted by Gasteiger charge is 2.13. The fourth-order valence-corrected chi connectivity index (χ4v) is 2.80. The molecule has 1 atom stereocenters. The monoisotopic (exact) mass is 377 g/mol. The van der Waals surface area contributed by atoms with Crippen molar-refractivity contribution < 1.29 is 14.3 Å². The first kappa shape index (κ1) is 17.3. The summed E-state index contributed by atoms with van der Waals surface area (Å²) in [5.74, 6) is 1.03. The van der Waals surface area contributed by atoms with Gasteiger partial charge in [0.05, 0.1) is 12.6 Å². The van der Waals surface area contributed by atoms with Crippen LogP contribution in [0.1, 0.15) is 25.5 Å². The van der Waals surface area contributed by atoms with Gasteiger partial charge in [-0.05, 0) is 37.6 Å². The number of hydrogen-bond acceptors (Lipinski definition) is 3. The number of ether oxygens (including phenoxy) is 2. The molecule has 0 aromatic heterocycles. The van der Waals surface area contributed by atoms with E-state index in [0.717, 1.165) is 10.0 Å². The maximum atomic E-state index is 12.1. The first-order chi connectivity index (χ1) is 11.1. The molecule has 122 valence electrons. The number of carbonyl (C=O) groups excluding carboxylic acids is 1. The summed E-state index contributed by atoms with van der Waals surface area (Å²) in [6.07, 6.45) is 0. The third kappa shape index (κ3) is 4.99. The van der Waals surface area contributed by atoms with Gasteiger partial charge < -0.3 is 14.8 Å². The molecule has 4 nitrogen and oxygen atoms in total. The summed E-state index contributed by atoms with van der Waals surface area (Å²) < 4.78 is 12.0. The largest absolute Gasteiger partial charge is 0.490 e. The normalized spacial score (nSPS) is 11.6. The third-order valence-electron chi connectivity index (χ3n) is 3.26. The van der Waals surface area contributed by atoms with Crippen molar-refractivity contribution in [1.82, 2.24) is 5.32 Å². The lowest BCUT2D eigenvalue weighted by Crippen LogP contribution is -2.31. The van der Waals surface area contributed by atoms with E-state index in [1.807, 2.05) is 56.3 Å². The Morgan fingerprint density at radius 2 is 1.70 bits per heavy atom. The molecule has 0 heterocycles. The van der Waals surface area contributed by atoms with Gasteiger partial charge in [0.15, 0.2) is 18.1 Å². The molecular formula is C18H20BrNO3. The fourth-order valence-electron chi connectivity index (χ4n) is 2.17. The van der Waals surface area contributed by atoms with Gasteiger partial charge in [-0.3, -0.25) is 4.79 Å². The van der Waals surface area contributed by atoms with Gasteiger partial charge in [0, 0.05) is 4.47 Å². The highest BCUT2D eigenvalue weighted by atomic mass is 79.9. The Kier molecular flexibility index (Phi) is 6.47. The molecule has 5 heteroatoms. The summed E-state index contributed by atoms with van der Waals surface area (Å²) in [6.45, 7) is 4.33. The van der Waals surface area contributed by atoms with Crippen molar-refractivity contribution in [1.29, 1.82) is 0 Å². The molecule has 2 rings (SSSR count). The second kappa shape index (κ2) is 8.58. The van der Waals surface area contributed by atoms with Crippen molar-refractivity contribution in [3.63, 3.8) is 0 Å². The summed E-state index contributed by atoms with van der Waals surface area (Å²) in [5.41, 5.74) is 1.02. The van der Waals surface area contributed by atoms with E-state index in [9.17, 15) is 4.79 Å². The van der Waals surface area contributed by atoms with Crippen LogP contribution in [0.3, 0.4) is 0 Å². The first-order valence-corrected chi connectivity index (χ1v) is 8.29. The van der Waals surface area contributed by atoms with Gasteiger partial charge in [-0.1, -0.05) is 46.3 Å². The summed E-state index contributed by atoms with van der Waals surface area (Å²) in [7, 11) is 0. The minimum atomic E-state index is -0.181. The van der Waals surface area contributed by atoms with Gasteiger partial charge in [-0.2, -0.15) is 0 Å². The van der Waals surface area contributed by atoms with Crippen LogP contribution in [0.2, 0.25) is 0 Å². The Morgan fingerprint density at radius 3 is 2.35 bits per heavy atom. The molecule has 2 aromatic rings. The van der Waals surface area contributed by atoms with Gasteiger partial charge >= 0.3 is 0 Å². The predicted octanol–water partition coefficient (Wildman–Crippen LogP) is 4.10. The zero-order chi connectivity index (χ0) is 16.7. The molecule has 0 aliphatic carbocycles. The maximum Gasteiger partial charge on any atom is 0.258 e. The lowest BCUT2D eigenvalue weighted by atomic mass is 10.1. The topological polar surface area (TPSA) is 47.6 Å². The zero-order valence-electron chi connectivity index (χ0n) is 13.2. The molecule has 0 fully saturated rings. The summed E-state index contributed by atoms with van der Waals surface area (Å²) in [4.78, 5) is 12.1. The number of rotatable bonds is 7. The minimum Gasteiger partial charge on any atom is -0.490 e. The van der Waals surface area contributed by atoms with Crippen LogP contribution in [0.25, 0.3) is 0 Å². The van der Waals surface area contributed by atoms with Gasteiger partial charge in [-0.15, -0.1) is 0 Å². The van der Waals surface area contributed by atoms with Crippen LogP contribution in [-0.4, -0.2) is 19.1 Å². The molecule has 0 saturated heterocycles. The Labute approximate surface area is 144 Å². The zero-order valence-corrected chi connectivity index (χ0v) is 14.8. The lowest BCUT2D eigenvalue weighted by Gasteiger charge is -2.16. The number of nitrogens with one attached hydrogen (secondary N) is 1. The van der Waals surface area contributed by atoms with Crippen molar-refractivity contribution in [2.45, 2.75) is 19.9 Å². The molecule has 0 radical (unpaired) electrons. The Bertz CT molecular complexity index is 660. The van der Waals surface area contributed by atoms with E-state index >= 15 is 0 Å². The summed E-state index contributed by atoms with van der Waals surface area (Å²) in [6, 6.07) is 15.0. The number of carbonyl (C=O) groups is 1. The second-order valence-electron chi connectivity index (χ2n) is 4.98. The number of hydrogen-bond donors (Lipinski definition) is 1. The second-order valence-corrected chi connectivity index (χ2v) is 5.83. The first-order valence-electron chi connectivity index (χ1n) is 7.50. The maximum absolute atomic E-state index is 12.1. The van der Waals surface area contributed by atoms with E-state index in [1.54, 1.807) is 6.07 Å². The number of halogens is 1. The fraction of sp³-hybridized carbons (Fsp3) is 0.278. The van der Waals surface area contributed by atoms with E-state index in [1.165, 1.54) is 0 Å². The van der Waals surface area contributed by atoms with Crippen molar-refractivity contribution in [2.24, 2.45) is 0 Å². The van der Waals surface area contributed by atoms with Crippen LogP contribution in [0.4, 0.5) is 0 Å². The SMILES string of the molecule is CCOc1ccccc1OCC(=O)NC(C)c1ccccc1Br. The Hall–Kier alpha value is -2.01. The molecular weight excluding hydrogens is 358 g/mol. The van der Waals surface area contributed by atoms with Crippen molar-refractivity contribution >= 4 is 21.8 Å². The number of amides is 1. The van der Waals surface area contributed by atoms with Crippen LogP contribution in [0, 0.1) is 0 Å². The molecule has 1 unspecified atom stereocenters. The van der Waals surface area contributed by atoms with Crippen molar-refractivity contribution in [3.05, 3.63) is 58.6 Å². The molecule has 0 saturated carbocycles. The summed E-state index contributed by atoms with van der Waals surface area (Å²) in [5, 5.41) is 2.92. The molecule has 0 spiro atoms. The Morgan fingerprint density at radius 1 is 1.09 bits per heavy atom. The van der Waals surface area contributed by atoms with Crippen LogP contribution >= 0.6 is 15.9 Å². The van der Waals surface area contributed by atoms with Crippen molar-refractivity contribution in [3.8, 4) is 11.5 Å². The van der Waals surface area contributed by atoms with Gasteiger partial charge in [0.1, 0.15) is 0 Å². The van der Waals surface area contributed by atoms with E-state index in [-0.39, 0.29) is 18.6 Å². The van der Waals surface area contributed by atoms with Crippen LogP contribution < -0.4 is 14.8 Å². The van der Waals surface area contributed by atoms with Crippen molar-refractivity contribution in [2.75, 3.05) is 13.2 Å². The quantitative estimate of drug-likeness (QED) is 0.789. The smallest absolute Gasteiger partial charge is 0.258 e. The summed E-state index contributed by atoms with van der Waals surface area (Å²) >= 11 is 3.49. The van der Waals surface area contributed by atoms with Crippen LogP contribution in [0.5, 0.6) is 11.5 Å². The van der Waals surface area contributed by atoms with Crippen LogP contribution in [-0.2, 0) is 4.79 Å².